The van der Waals surface area contributed by atoms with Gasteiger partial charge in [-0.15, -0.1) is 0 Å². The Labute approximate surface area is 168 Å². The molecule has 142 valence electrons. The zero-order chi connectivity index (χ0) is 18.5. The van der Waals surface area contributed by atoms with Crippen molar-refractivity contribution in [3.63, 3.8) is 0 Å². The maximum Gasteiger partial charge on any atom is 0.255 e. The average Bonchev–Trinajstić information content (AvgIpc) is 2.91. The van der Waals surface area contributed by atoms with Gasteiger partial charge in [0.05, 0.1) is 17.1 Å². The Hall–Kier alpha value is -1.11. The molecule has 0 saturated carbocycles. The number of carbonyl (C=O) groups is 2. The quantitative estimate of drug-likeness (QED) is 0.722. The predicted octanol–water partition coefficient (Wildman–Crippen LogP) is 3.26. The third-order valence-electron chi connectivity index (χ3n) is 5.14. The number of rotatable bonds is 3. The third kappa shape index (κ3) is 4.99. The van der Waals surface area contributed by atoms with E-state index in [1.165, 1.54) is 12.8 Å². The molecule has 7 heteroatoms. The number of piperazine rings is 1. The van der Waals surface area contributed by atoms with Crippen molar-refractivity contribution in [1.82, 2.24) is 14.7 Å². The molecule has 1 aromatic rings. The zero-order valence-electron chi connectivity index (χ0n) is 14.9. The molecule has 0 aromatic heterocycles. The van der Waals surface area contributed by atoms with E-state index in [9.17, 15) is 9.59 Å². The molecule has 0 radical (unpaired) electrons. The van der Waals surface area contributed by atoms with Crippen molar-refractivity contribution in [2.45, 2.75) is 25.7 Å². The summed E-state index contributed by atoms with van der Waals surface area (Å²) in [4.78, 5) is 31.2. The second-order valence-corrected chi connectivity index (χ2v) is 8.31. The number of nitrogens with zero attached hydrogens (tertiary/aromatic N) is 3. The summed E-state index contributed by atoms with van der Waals surface area (Å²) < 4.78 is 0.857. The Morgan fingerprint density at radius 3 is 2.19 bits per heavy atom. The van der Waals surface area contributed by atoms with E-state index in [-0.39, 0.29) is 11.8 Å². The minimum absolute atomic E-state index is 0.0407. The zero-order valence-corrected chi connectivity index (χ0v) is 17.3. The van der Waals surface area contributed by atoms with Crippen LogP contribution in [0.1, 0.15) is 36.0 Å². The average molecular weight is 443 g/mol. The molecule has 0 atom stereocenters. The fourth-order valence-electron chi connectivity index (χ4n) is 3.55. The predicted molar refractivity (Wildman–Crippen MR) is 107 cm³/mol. The summed E-state index contributed by atoms with van der Waals surface area (Å²) in [5.41, 5.74) is 0.531. The van der Waals surface area contributed by atoms with Gasteiger partial charge in [0.25, 0.3) is 5.91 Å². The van der Waals surface area contributed by atoms with Crippen molar-refractivity contribution in [2.75, 3.05) is 45.8 Å². The van der Waals surface area contributed by atoms with Gasteiger partial charge in [-0.25, -0.2) is 0 Å². The second-order valence-electron chi connectivity index (χ2n) is 6.99. The number of hydrogen-bond acceptors (Lipinski definition) is 3. The van der Waals surface area contributed by atoms with E-state index in [4.69, 9.17) is 11.6 Å². The lowest BCUT2D eigenvalue weighted by molar-refractivity contribution is -0.132. The van der Waals surface area contributed by atoms with Crippen LogP contribution in [0.3, 0.4) is 0 Å². The molecule has 2 saturated heterocycles. The number of hydrogen-bond donors (Lipinski definition) is 0. The topological polar surface area (TPSA) is 43.9 Å². The van der Waals surface area contributed by atoms with Crippen molar-refractivity contribution in [3.05, 3.63) is 33.3 Å². The highest BCUT2D eigenvalue weighted by Crippen LogP contribution is 2.23. The molecule has 2 aliphatic rings. The molecule has 0 bridgehead atoms. The van der Waals surface area contributed by atoms with Crippen LogP contribution in [0.25, 0.3) is 0 Å². The van der Waals surface area contributed by atoms with Crippen LogP contribution in [0.4, 0.5) is 0 Å². The smallest absolute Gasteiger partial charge is 0.255 e. The van der Waals surface area contributed by atoms with Crippen LogP contribution in [-0.4, -0.2) is 72.3 Å². The lowest BCUT2D eigenvalue weighted by atomic mass is 10.2. The Morgan fingerprint density at radius 2 is 1.58 bits per heavy atom. The number of likely N-dealkylation sites (tertiary alicyclic amines) is 1. The van der Waals surface area contributed by atoms with E-state index < -0.39 is 0 Å². The highest BCUT2D eigenvalue weighted by molar-refractivity contribution is 9.10. The van der Waals surface area contributed by atoms with Gasteiger partial charge in [0, 0.05) is 43.7 Å². The van der Waals surface area contributed by atoms with Gasteiger partial charge in [0.1, 0.15) is 0 Å². The lowest BCUT2D eigenvalue weighted by Gasteiger charge is -2.35. The van der Waals surface area contributed by atoms with Crippen LogP contribution in [0, 0.1) is 0 Å². The van der Waals surface area contributed by atoms with Gasteiger partial charge in [0.2, 0.25) is 5.91 Å². The summed E-state index contributed by atoms with van der Waals surface area (Å²) in [5.74, 6) is 0.184. The molecule has 0 spiro atoms. The van der Waals surface area contributed by atoms with Crippen LogP contribution in [0.2, 0.25) is 5.02 Å². The van der Waals surface area contributed by atoms with Crippen molar-refractivity contribution < 1.29 is 9.59 Å². The van der Waals surface area contributed by atoms with E-state index in [0.29, 0.717) is 30.2 Å². The molecular formula is C19H25BrClN3O2. The highest BCUT2D eigenvalue weighted by atomic mass is 79.9. The van der Waals surface area contributed by atoms with Crippen molar-refractivity contribution in [2.24, 2.45) is 0 Å². The van der Waals surface area contributed by atoms with E-state index >= 15 is 0 Å². The first-order valence-electron chi connectivity index (χ1n) is 9.29. The molecule has 26 heavy (non-hydrogen) atoms. The molecule has 2 aliphatic heterocycles. The molecule has 0 N–H and O–H groups in total. The minimum atomic E-state index is -0.0407. The van der Waals surface area contributed by atoms with Gasteiger partial charge in [-0.3, -0.25) is 14.5 Å². The largest absolute Gasteiger partial charge is 0.342 e. The number of carbonyl (C=O) groups excluding carboxylic acids is 2. The van der Waals surface area contributed by atoms with Gasteiger partial charge in [0.15, 0.2) is 0 Å². The fraction of sp³-hybridized carbons (Fsp3) is 0.579. The van der Waals surface area contributed by atoms with E-state index in [2.05, 4.69) is 20.8 Å². The Balaban J connectivity index is 1.50. The number of halogens is 2. The molecule has 2 heterocycles. The van der Waals surface area contributed by atoms with Gasteiger partial charge in [-0.05, 0) is 31.0 Å². The molecule has 2 amide bonds. The van der Waals surface area contributed by atoms with Gasteiger partial charge in [-0.2, -0.15) is 0 Å². The van der Waals surface area contributed by atoms with Crippen LogP contribution in [0.15, 0.2) is 22.7 Å². The summed E-state index contributed by atoms with van der Waals surface area (Å²) in [7, 11) is 0. The standard InChI is InChI=1S/C19H25BrClN3O2/c20-15-5-6-16(17(21)13-15)19(26)24-11-9-22(10-12-24)14-18(25)23-7-3-1-2-4-8-23/h5-6,13H,1-4,7-12,14H2. The fourth-order valence-corrected chi connectivity index (χ4v) is 4.31. The normalized spacial score (nSPS) is 19.3. The van der Waals surface area contributed by atoms with E-state index in [0.717, 1.165) is 43.5 Å². The molecule has 2 fully saturated rings. The molecule has 3 rings (SSSR count). The summed E-state index contributed by atoms with van der Waals surface area (Å²) in [6.45, 7) is 4.93. The maximum absolute atomic E-state index is 12.7. The molecular weight excluding hydrogens is 418 g/mol. The van der Waals surface area contributed by atoms with Gasteiger partial charge in [-0.1, -0.05) is 40.4 Å². The van der Waals surface area contributed by atoms with Crippen molar-refractivity contribution >= 4 is 39.3 Å². The van der Waals surface area contributed by atoms with Crippen LogP contribution < -0.4 is 0 Å². The van der Waals surface area contributed by atoms with Gasteiger partial charge >= 0.3 is 0 Å². The second kappa shape index (κ2) is 9.20. The Morgan fingerprint density at radius 1 is 0.923 bits per heavy atom. The summed E-state index contributed by atoms with van der Waals surface area (Å²) in [6.07, 6.45) is 4.68. The maximum atomic E-state index is 12.7. The highest BCUT2D eigenvalue weighted by Gasteiger charge is 2.26. The molecule has 0 unspecified atom stereocenters. The summed E-state index contributed by atoms with van der Waals surface area (Å²) in [6, 6.07) is 5.32. The summed E-state index contributed by atoms with van der Waals surface area (Å²) >= 11 is 9.56. The third-order valence-corrected chi connectivity index (χ3v) is 5.94. The van der Waals surface area contributed by atoms with Crippen LogP contribution in [0.5, 0.6) is 0 Å². The Kier molecular flexibility index (Phi) is 6.95. The van der Waals surface area contributed by atoms with Crippen molar-refractivity contribution in [1.29, 1.82) is 0 Å². The van der Waals surface area contributed by atoms with E-state index in [1.807, 2.05) is 15.9 Å². The number of amides is 2. The molecule has 1 aromatic carbocycles. The van der Waals surface area contributed by atoms with Crippen LogP contribution >= 0.6 is 27.5 Å². The first-order valence-corrected chi connectivity index (χ1v) is 10.5. The van der Waals surface area contributed by atoms with Crippen molar-refractivity contribution in [3.8, 4) is 0 Å². The van der Waals surface area contributed by atoms with Gasteiger partial charge < -0.3 is 9.80 Å². The number of benzene rings is 1. The SMILES string of the molecule is O=C(CN1CCN(C(=O)c2ccc(Br)cc2Cl)CC1)N1CCCCCC1. The molecule has 0 aliphatic carbocycles. The monoisotopic (exact) mass is 441 g/mol. The lowest BCUT2D eigenvalue weighted by Crippen LogP contribution is -2.51. The first-order chi connectivity index (χ1) is 12.5. The Bertz CT molecular complexity index is 654. The van der Waals surface area contributed by atoms with E-state index in [1.54, 1.807) is 12.1 Å². The first kappa shape index (κ1) is 19.6. The van der Waals surface area contributed by atoms with Crippen LogP contribution in [-0.2, 0) is 4.79 Å². The molecule has 5 nitrogen and oxygen atoms in total. The summed E-state index contributed by atoms with van der Waals surface area (Å²) in [5, 5.41) is 0.461. The minimum Gasteiger partial charge on any atom is -0.342 e.